The van der Waals surface area contributed by atoms with Gasteiger partial charge in [0.05, 0.1) is 9.83 Å². The van der Waals surface area contributed by atoms with Crippen molar-refractivity contribution >= 4 is 27.3 Å². The van der Waals surface area contributed by atoms with E-state index in [1.165, 1.54) is 17.0 Å². The molecule has 0 bridgehead atoms. The predicted molar refractivity (Wildman–Crippen MR) is 76.9 cm³/mol. The fourth-order valence-corrected chi connectivity index (χ4v) is 3.43. The number of rotatable bonds is 4. The van der Waals surface area contributed by atoms with Crippen LogP contribution in [0.3, 0.4) is 0 Å². The fraction of sp³-hybridized carbons (Fsp3) is 0.231. The van der Waals surface area contributed by atoms with Crippen molar-refractivity contribution in [3.63, 3.8) is 0 Å². The van der Waals surface area contributed by atoms with E-state index in [9.17, 15) is 4.39 Å². The number of aryl methyl sites for hydroxylation is 1. The van der Waals surface area contributed by atoms with E-state index in [1.54, 1.807) is 11.3 Å². The van der Waals surface area contributed by atoms with Crippen LogP contribution in [0, 0.1) is 12.7 Å². The first-order chi connectivity index (χ1) is 8.58. The maximum Gasteiger partial charge on any atom is 0.123 e. The number of hydrogen-bond donors (Lipinski definition) is 2. The molecule has 1 heterocycles. The quantitative estimate of drug-likeness (QED) is 0.663. The zero-order chi connectivity index (χ0) is 13.1. The molecule has 5 heteroatoms. The first kappa shape index (κ1) is 13.7. The second-order valence-corrected chi connectivity index (χ2v) is 6.74. The molecular formula is C13H14BrFN2S. The predicted octanol–water partition coefficient (Wildman–Crippen LogP) is 3.71. The molecule has 2 nitrogen and oxygen atoms in total. The maximum absolute atomic E-state index is 13.4. The lowest BCUT2D eigenvalue weighted by Gasteiger charge is -2.16. The molecule has 1 aromatic carbocycles. The highest BCUT2D eigenvalue weighted by Gasteiger charge is 2.13. The Bertz CT molecular complexity index is 521. The first-order valence-electron chi connectivity index (χ1n) is 5.56. The van der Waals surface area contributed by atoms with Gasteiger partial charge >= 0.3 is 0 Å². The number of nitrogens with two attached hydrogens (primary N) is 1. The first-order valence-corrected chi connectivity index (χ1v) is 7.17. The second-order valence-electron chi connectivity index (χ2n) is 4.19. The number of hydrogen-bond acceptors (Lipinski definition) is 3. The molecule has 18 heavy (non-hydrogen) atoms. The number of hydrazine groups is 1. The van der Waals surface area contributed by atoms with Crippen LogP contribution < -0.4 is 11.3 Å². The topological polar surface area (TPSA) is 38.0 Å². The normalized spacial score (nSPS) is 12.7. The van der Waals surface area contributed by atoms with Crippen molar-refractivity contribution in [2.45, 2.75) is 19.4 Å². The van der Waals surface area contributed by atoms with Crippen LogP contribution in [-0.2, 0) is 6.42 Å². The van der Waals surface area contributed by atoms with Crippen molar-refractivity contribution < 1.29 is 4.39 Å². The standard InChI is InChI=1S/C13H14BrFN2S/c1-8-4-9(6-10(15)5-8)12(17-16)7-11-2-3-13(14)18-11/h2-6,12,17H,7,16H2,1H3. The Morgan fingerprint density at radius 3 is 2.72 bits per heavy atom. The molecule has 1 unspecified atom stereocenters. The van der Waals surface area contributed by atoms with Gasteiger partial charge in [-0.05, 0) is 58.2 Å². The van der Waals surface area contributed by atoms with Gasteiger partial charge in [0.2, 0.25) is 0 Å². The lowest BCUT2D eigenvalue weighted by molar-refractivity contribution is 0.547. The van der Waals surface area contributed by atoms with Gasteiger partial charge in [-0.3, -0.25) is 11.3 Å². The summed E-state index contributed by atoms with van der Waals surface area (Å²) in [7, 11) is 0. The third-order valence-corrected chi connectivity index (χ3v) is 4.35. The molecule has 0 fully saturated rings. The highest BCUT2D eigenvalue weighted by molar-refractivity contribution is 9.11. The lowest BCUT2D eigenvalue weighted by atomic mass is 10.0. The smallest absolute Gasteiger partial charge is 0.123 e. The third-order valence-electron chi connectivity index (χ3n) is 2.70. The molecule has 1 aromatic heterocycles. The van der Waals surface area contributed by atoms with Gasteiger partial charge in [-0.1, -0.05) is 6.07 Å². The molecule has 0 aliphatic heterocycles. The van der Waals surface area contributed by atoms with E-state index in [2.05, 4.69) is 21.4 Å². The van der Waals surface area contributed by atoms with Crippen molar-refractivity contribution in [2.75, 3.05) is 0 Å². The number of halogens is 2. The molecule has 0 aliphatic carbocycles. The van der Waals surface area contributed by atoms with E-state index in [0.29, 0.717) is 0 Å². The van der Waals surface area contributed by atoms with Gasteiger partial charge in [-0.25, -0.2) is 4.39 Å². The van der Waals surface area contributed by atoms with Crippen LogP contribution in [0.4, 0.5) is 4.39 Å². The molecule has 3 N–H and O–H groups in total. The zero-order valence-electron chi connectivity index (χ0n) is 9.91. The van der Waals surface area contributed by atoms with Crippen molar-refractivity contribution in [3.8, 4) is 0 Å². The number of nitrogens with one attached hydrogen (secondary N) is 1. The van der Waals surface area contributed by atoms with Crippen LogP contribution in [0.25, 0.3) is 0 Å². The minimum absolute atomic E-state index is 0.0788. The Morgan fingerprint density at radius 2 is 2.17 bits per heavy atom. The van der Waals surface area contributed by atoms with Crippen LogP contribution in [0.5, 0.6) is 0 Å². The van der Waals surface area contributed by atoms with Gasteiger partial charge in [-0.15, -0.1) is 11.3 Å². The average molecular weight is 329 g/mol. The van der Waals surface area contributed by atoms with E-state index < -0.39 is 0 Å². The lowest BCUT2D eigenvalue weighted by Crippen LogP contribution is -2.29. The molecule has 0 radical (unpaired) electrons. The summed E-state index contributed by atoms with van der Waals surface area (Å²) in [6, 6.07) is 8.97. The van der Waals surface area contributed by atoms with Gasteiger partial charge in [-0.2, -0.15) is 0 Å². The van der Waals surface area contributed by atoms with Crippen molar-refractivity contribution in [1.29, 1.82) is 0 Å². The molecule has 0 amide bonds. The summed E-state index contributed by atoms with van der Waals surface area (Å²) >= 11 is 5.09. The number of benzene rings is 1. The van der Waals surface area contributed by atoms with Crippen LogP contribution in [0.15, 0.2) is 34.1 Å². The molecule has 0 saturated heterocycles. The van der Waals surface area contributed by atoms with E-state index >= 15 is 0 Å². The van der Waals surface area contributed by atoms with Crippen molar-refractivity contribution in [1.82, 2.24) is 5.43 Å². The minimum Gasteiger partial charge on any atom is -0.271 e. The molecule has 0 aliphatic rings. The summed E-state index contributed by atoms with van der Waals surface area (Å²) in [5.74, 6) is 5.36. The number of thiophene rings is 1. The monoisotopic (exact) mass is 328 g/mol. The third kappa shape index (κ3) is 3.38. The molecule has 0 saturated carbocycles. The molecule has 2 aromatic rings. The van der Waals surface area contributed by atoms with Crippen LogP contribution in [0.2, 0.25) is 0 Å². The molecule has 96 valence electrons. The zero-order valence-corrected chi connectivity index (χ0v) is 12.3. The summed E-state index contributed by atoms with van der Waals surface area (Å²) < 4.78 is 14.5. The highest BCUT2D eigenvalue weighted by atomic mass is 79.9. The van der Waals surface area contributed by atoms with Gasteiger partial charge in [0.15, 0.2) is 0 Å². The Balaban J connectivity index is 2.22. The van der Waals surface area contributed by atoms with Crippen molar-refractivity contribution in [2.24, 2.45) is 5.84 Å². The molecule has 1 atom stereocenters. The largest absolute Gasteiger partial charge is 0.271 e. The SMILES string of the molecule is Cc1cc(F)cc(C(Cc2ccc(Br)s2)NN)c1. The summed E-state index contributed by atoms with van der Waals surface area (Å²) in [4.78, 5) is 1.20. The fourth-order valence-electron chi connectivity index (χ4n) is 1.90. The van der Waals surface area contributed by atoms with Crippen LogP contribution in [0.1, 0.15) is 22.0 Å². The van der Waals surface area contributed by atoms with Gasteiger partial charge in [0.25, 0.3) is 0 Å². The van der Waals surface area contributed by atoms with E-state index in [1.807, 2.05) is 25.1 Å². The van der Waals surface area contributed by atoms with Gasteiger partial charge < -0.3 is 0 Å². The molecular weight excluding hydrogens is 315 g/mol. The van der Waals surface area contributed by atoms with E-state index in [0.717, 1.165) is 21.3 Å². The Hall–Kier alpha value is -0.750. The van der Waals surface area contributed by atoms with Gasteiger partial charge in [0.1, 0.15) is 5.82 Å². The summed E-state index contributed by atoms with van der Waals surface area (Å²) in [6.45, 7) is 1.88. The summed E-state index contributed by atoms with van der Waals surface area (Å²) in [5.41, 5.74) is 4.53. The maximum atomic E-state index is 13.4. The highest BCUT2D eigenvalue weighted by Crippen LogP contribution is 2.27. The molecule has 2 rings (SSSR count). The van der Waals surface area contributed by atoms with Crippen molar-refractivity contribution in [3.05, 3.63) is 55.9 Å². The summed E-state index contributed by atoms with van der Waals surface area (Å²) in [5, 5.41) is 0. The average Bonchev–Trinajstić information content (AvgIpc) is 2.70. The van der Waals surface area contributed by atoms with E-state index in [-0.39, 0.29) is 11.9 Å². The summed E-state index contributed by atoms with van der Waals surface area (Å²) in [6.07, 6.45) is 0.746. The van der Waals surface area contributed by atoms with Crippen LogP contribution in [-0.4, -0.2) is 0 Å². The Labute approximate surface area is 118 Å². The molecule has 0 spiro atoms. The van der Waals surface area contributed by atoms with Gasteiger partial charge in [0, 0.05) is 11.3 Å². The second kappa shape index (κ2) is 5.93. The Morgan fingerprint density at radius 1 is 1.39 bits per heavy atom. The Kier molecular flexibility index (Phi) is 4.50. The van der Waals surface area contributed by atoms with Crippen LogP contribution >= 0.6 is 27.3 Å². The van der Waals surface area contributed by atoms with E-state index in [4.69, 9.17) is 5.84 Å². The minimum atomic E-state index is -0.224.